The number of carbonyl (C=O) groups excluding carboxylic acids is 1. The molecule has 0 aliphatic carbocycles. The van der Waals surface area contributed by atoms with Crippen molar-refractivity contribution in [1.82, 2.24) is 0 Å². The van der Waals surface area contributed by atoms with Gasteiger partial charge in [-0.15, -0.1) is 0 Å². The number of methoxy groups -OCH3 is 1. The van der Waals surface area contributed by atoms with Crippen LogP contribution in [0, 0.1) is 0 Å². The summed E-state index contributed by atoms with van der Waals surface area (Å²) >= 11 is 0. The van der Waals surface area contributed by atoms with Crippen LogP contribution in [0.5, 0.6) is 0 Å². The Morgan fingerprint density at radius 1 is 0.810 bits per heavy atom. The van der Waals surface area contributed by atoms with Crippen molar-refractivity contribution in [3.63, 3.8) is 0 Å². The van der Waals surface area contributed by atoms with Gasteiger partial charge in [0, 0.05) is 6.42 Å². The Kier molecular flexibility index (Phi) is 16.2. The second-order valence-electron chi connectivity index (χ2n) is 5.59. The molecule has 122 valence electrons. The number of carbonyl (C=O) groups is 1. The van der Waals surface area contributed by atoms with Crippen LogP contribution >= 0.6 is 0 Å². The molecule has 21 heavy (non-hydrogen) atoms. The van der Waals surface area contributed by atoms with Crippen LogP contribution in [-0.4, -0.2) is 13.1 Å². The first-order valence-electron chi connectivity index (χ1n) is 8.69. The Balaban J connectivity index is 3.19. The number of allylic oxidation sites excluding steroid dienone is 4. The molecular weight excluding hydrogens is 260 g/mol. The van der Waals surface area contributed by atoms with Crippen molar-refractivity contribution in [2.24, 2.45) is 0 Å². The van der Waals surface area contributed by atoms with Gasteiger partial charge in [0.25, 0.3) is 0 Å². The highest BCUT2D eigenvalue weighted by molar-refractivity contribution is 5.68. The van der Waals surface area contributed by atoms with Gasteiger partial charge in [0.1, 0.15) is 0 Å². The summed E-state index contributed by atoms with van der Waals surface area (Å²) in [6, 6.07) is 0. The number of unbranched alkanes of at least 4 members (excludes halogenated alkanes) is 9. The third-order valence-electron chi connectivity index (χ3n) is 3.59. The molecule has 0 aliphatic rings. The van der Waals surface area contributed by atoms with Crippen LogP contribution in [-0.2, 0) is 9.53 Å². The molecule has 0 unspecified atom stereocenters. The summed E-state index contributed by atoms with van der Waals surface area (Å²) < 4.78 is 4.62. The lowest BCUT2D eigenvalue weighted by Crippen LogP contribution is -1.99. The van der Waals surface area contributed by atoms with Gasteiger partial charge >= 0.3 is 5.97 Å². The molecule has 0 aromatic rings. The molecule has 0 saturated heterocycles. The van der Waals surface area contributed by atoms with E-state index in [1.54, 1.807) is 0 Å². The highest BCUT2D eigenvalue weighted by Crippen LogP contribution is 2.09. The van der Waals surface area contributed by atoms with Gasteiger partial charge in [-0.05, 0) is 32.1 Å². The standard InChI is InChI=1S/C19H34O2/c1-3-4-5-6-7-8-9-10-11-12-13-14-15-16-17-18-19(20)21-2/h7-10H,3-6,11-18H2,1-2H3. The summed E-state index contributed by atoms with van der Waals surface area (Å²) in [5.74, 6) is -0.0807. The molecule has 0 fully saturated rings. The normalized spacial score (nSPS) is 11.5. The zero-order chi connectivity index (χ0) is 15.6. The highest BCUT2D eigenvalue weighted by Gasteiger charge is 1.98. The molecular formula is C19H34O2. The number of esters is 1. The minimum absolute atomic E-state index is 0.0807. The van der Waals surface area contributed by atoms with Crippen LogP contribution in [0.4, 0.5) is 0 Å². The van der Waals surface area contributed by atoms with Gasteiger partial charge in [0.05, 0.1) is 7.11 Å². The third-order valence-corrected chi connectivity index (χ3v) is 3.59. The van der Waals surface area contributed by atoms with E-state index in [1.165, 1.54) is 64.9 Å². The molecule has 0 rings (SSSR count). The van der Waals surface area contributed by atoms with Crippen molar-refractivity contribution < 1.29 is 9.53 Å². The fourth-order valence-electron chi connectivity index (χ4n) is 2.20. The molecule has 0 aromatic carbocycles. The minimum Gasteiger partial charge on any atom is -0.469 e. The van der Waals surface area contributed by atoms with Gasteiger partial charge in [-0.3, -0.25) is 4.79 Å². The molecule has 0 spiro atoms. The summed E-state index contributed by atoms with van der Waals surface area (Å²) in [5, 5.41) is 0. The maximum absolute atomic E-state index is 10.9. The van der Waals surface area contributed by atoms with Crippen LogP contribution < -0.4 is 0 Å². The average molecular weight is 294 g/mol. The molecule has 0 bridgehead atoms. The van der Waals surface area contributed by atoms with Crippen molar-refractivity contribution in [2.75, 3.05) is 7.11 Å². The Morgan fingerprint density at radius 2 is 1.33 bits per heavy atom. The van der Waals surface area contributed by atoms with E-state index in [1.807, 2.05) is 0 Å². The molecule has 0 saturated carbocycles. The first-order chi connectivity index (χ1) is 10.3. The van der Waals surface area contributed by atoms with E-state index in [0.29, 0.717) is 6.42 Å². The number of hydrogen-bond acceptors (Lipinski definition) is 2. The fourth-order valence-corrected chi connectivity index (χ4v) is 2.20. The van der Waals surface area contributed by atoms with Gasteiger partial charge in [-0.1, -0.05) is 69.8 Å². The zero-order valence-electron chi connectivity index (χ0n) is 14.1. The van der Waals surface area contributed by atoms with E-state index >= 15 is 0 Å². The molecule has 0 radical (unpaired) electrons. The first-order valence-corrected chi connectivity index (χ1v) is 8.69. The van der Waals surface area contributed by atoms with E-state index < -0.39 is 0 Å². The summed E-state index contributed by atoms with van der Waals surface area (Å²) in [6.45, 7) is 2.24. The van der Waals surface area contributed by atoms with Crippen LogP contribution in [0.2, 0.25) is 0 Å². The SMILES string of the molecule is CCCCCC=CC=CCCCCCCCCC(=O)OC. The second-order valence-corrected chi connectivity index (χ2v) is 5.59. The predicted octanol–water partition coefficient (Wildman–Crippen LogP) is 5.97. The van der Waals surface area contributed by atoms with Crippen molar-refractivity contribution in [3.05, 3.63) is 24.3 Å². The van der Waals surface area contributed by atoms with E-state index in [9.17, 15) is 4.79 Å². The first kappa shape index (κ1) is 19.9. The monoisotopic (exact) mass is 294 g/mol. The molecule has 0 amide bonds. The van der Waals surface area contributed by atoms with Gasteiger partial charge in [0.15, 0.2) is 0 Å². The third kappa shape index (κ3) is 16.9. The van der Waals surface area contributed by atoms with Crippen LogP contribution in [0.25, 0.3) is 0 Å². The van der Waals surface area contributed by atoms with E-state index in [4.69, 9.17) is 0 Å². The number of hydrogen-bond donors (Lipinski definition) is 0. The Labute approximate surface area is 131 Å². The molecule has 0 aromatic heterocycles. The molecule has 0 N–H and O–H groups in total. The van der Waals surface area contributed by atoms with Gasteiger partial charge in [-0.2, -0.15) is 0 Å². The Morgan fingerprint density at radius 3 is 1.90 bits per heavy atom. The maximum atomic E-state index is 10.9. The van der Waals surface area contributed by atoms with Crippen molar-refractivity contribution >= 4 is 5.97 Å². The van der Waals surface area contributed by atoms with Gasteiger partial charge in [-0.25, -0.2) is 0 Å². The molecule has 0 aliphatic heterocycles. The highest BCUT2D eigenvalue weighted by atomic mass is 16.5. The summed E-state index contributed by atoms with van der Waals surface area (Å²) in [4.78, 5) is 10.9. The van der Waals surface area contributed by atoms with E-state index in [2.05, 4.69) is 36.0 Å². The lowest BCUT2D eigenvalue weighted by Gasteiger charge is -2.00. The second kappa shape index (κ2) is 17.0. The lowest BCUT2D eigenvalue weighted by molar-refractivity contribution is -0.140. The smallest absolute Gasteiger partial charge is 0.305 e. The topological polar surface area (TPSA) is 26.3 Å². The van der Waals surface area contributed by atoms with Gasteiger partial charge in [0.2, 0.25) is 0 Å². The Hall–Kier alpha value is -1.05. The molecule has 2 heteroatoms. The molecule has 2 nitrogen and oxygen atoms in total. The van der Waals surface area contributed by atoms with E-state index in [-0.39, 0.29) is 5.97 Å². The van der Waals surface area contributed by atoms with Gasteiger partial charge < -0.3 is 4.74 Å². The average Bonchev–Trinajstić information content (AvgIpc) is 2.50. The number of rotatable bonds is 14. The Bertz CT molecular complexity index is 279. The number of ether oxygens (including phenoxy) is 1. The predicted molar refractivity (Wildman–Crippen MR) is 91.4 cm³/mol. The quantitative estimate of drug-likeness (QED) is 0.224. The zero-order valence-corrected chi connectivity index (χ0v) is 14.1. The van der Waals surface area contributed by atoms with Crippen LogP contribution in [0.1, 0.15) is 84.0 Å². The van der Waals surface area contributed by atoms with Crippen molar-refractivity contribution in [2.45, 2.75) is 84.0 Å². The largest absolute Gasteiger partial charge is 0.469 e. The van der Waals surface area contributed by atoms with Crippen LogP contribution in [0.3, 0.4) is 0 Å². The van der Waals surface area contributed by atoms with Crippen molar-refractivity contribution in [1.29, 1.82) is 0 Å². The van der Waals surface area contributed by atoms with Crippen molar-refractivity contribution in [3.8, 4) is 0 Å². The summed E-state index contributed by atoms with van der Waals surface area (Å²) in [5.41, 5.74) is 0. The van der Waals surface area contributed by atoms with E-state index in [0.717, 1.165) is 12.8 Å². The maximum Gasteiger partial charge on any atom is 0.305 e. The lowest BCUT2D eigenvalue weighted by atomic mass is 10.1. The summed E-state index contributed by atoms with van der Waals surface area (Å²) in [6.07, 6.45) is 23.0. The molecule has 0 atom stereocenters. The molecule has 0 heterocycles. The fraction of sp³-hybridized carbons (Fsp3) is 0.737. The van der Waals surface area contributed by atoms with Crippen LogP contribution in [0.15, 0.2) is 24.3 Å². The summed E-state index contributed by atoms with van der Waals surface area (Å²) in [7, 11) is 1.45. The minimum atomic E-state index is -0.0807.